The lowest BCUT2D eigenvalue weighted by Crippen LogP contribution is -2.46. The van der Waals surface area contributed by atoms with Gasteiger partial charge in [0.15, 0.2) is 5.75 Å². The zero-order valence-corrected chi connectivity index (χ0v) is 14.8. The standard InChI is InChI=1S/C14H14BrClN4O4/c15-8-5-9-10(13(21)19-6-18-9)12(11(8)16)23-7-24-14(22)20-3-1-17-2-4-20/h5-6,17H,1-4,7H2,(H,18,19,21). The van der Waals surface area contributed by atoms with Gasteiger partial charge in [0.25, 0.3) is 5.56 Å². The molecule has 1 aromatic carbocycles. The minimum atomic E-state index is -0.473. The van der Waals surface area contributed by atoms with E-state index in [4.69, 9.17) is 21.1 Å². The molecule has 0 aliphatic carbocycles. The summed E-state index contributed by atoms with van der Waals surface area (Å²) in [5, 5.41) is 3.55. The second kappa shape index (κ2) is 7.37. The topological polar surface area (TPSA) is 96.5 Å². The summed E-state index contributed by atoms with van der Waals surface area (Å²) in [5.74, 6) is 0.114. The molecule has 1 aliphatic rings. The molecule has 0 atom stereocenters. The van der Waals surface area contributed by atoms with E-state index in [0.29, 0.717) is 23.1 Å². The van der Waals surface area contributed by atoms with E-state index in [0.717, 1.165) is 13.1 Å². The van der Waals surface area contributed by atoms with Crippen LogP contribution in [0.15, 0.2) is 21.7 Å². The zero-order chi connectivity index (χ0) is 17.1. The van der Waals surface area contributed by atoms with Gasteiger partial charge < -0.3 is 24.7 Å². The number of H-pyrrole nitrogens is 1. The lowest BCUT2D eigenvalue weighted by Gasteiger charge is -2.26. The maximum atomic E-state index is 12.0. The number of benzene rings is 1. The molecule has 2 N–H and O–H groups in total. The third kappa shape index (κ3) is 3.47. The van der Waals surface area contributed by atoms with Crippen LogP contribution in [0.2, 0.25) is 5.02 Å². The number of piperazine rings is 1. The zero-order valence-electron chi connectivity index (χ0n) is 12.5. The van der Waals surface area contributed by atoms with Crippen molar-refractivity contribution in [3.63, 3.8) is 0 Å². The Kier molecular flexibility index (Phi) is 5.22. The Balaban J connectivity index is 1.76. The molecular formula is C14H14BrClN4O4. The van der Waals surface area contributed by atoms with Gasteiger partial charge in [-0.15, -0.1) is 0 Å². The van der Waals surface area contributed by atoms with Gasteiger partial charge in [0, 0.05) is 30.7 Å². The van der Waals surface area contributed by atoms with Gasteiger partial charge in [0.05, 0.1) is 16.9 Å². The van der Waals surface area contributed by atoms with Crippen molar-refractivity contribution < 1.29 is 14.3 Å². The van der Waals surface area contributed by atoms with E-state index in [9.17, 15) is 9.59 Å². The number of ether oxygens (including phenoxy) is 2. The van der Waals surface area contributed by atoms with Crippen LogP contribution in [-0.4, -0.2) is 53.9 Å². The molecule has 8 nitrogen and oxygen atoms in total. The first-order valence-electron chi connectivity index (χ1n) is 7.18. The summed E-state index contributed by atoms with van der Waals surface area (Å²) < 4.78 is 11.1. The maximum absolute atomic E-state index is 12.0. The smallest absolute Gasteiger partial charge is 0.412 e. The van der Waals surface area contributed by atoms with E-state index in [-0.39, 0.29) is 23.0 Å². The first-order chi connectivity index (χ1) is 11.6. The van der Waals surface area contributed by atoms with E-state index in [1.54, 1.807) is 11.0 Å². The van der Waals surface area contributed by atoms with Crippen molar-refractivity contribution in [2.24, 2.45) is 0 Å². The second-order valence-corrected chi connectivity index (χ2v) is 6.27. The Morgan fingerprint density at radius 3 is 2.92 bits per heavy atom. The fraction of sp³-hybridized carbons (Fsp3) is 0.357. The molecule has 1 fully saturated rings. The van der Waals surface area contributed by atoms with Crippen LogP contribution in [0.4, 0.5) is 4.79 Å². The van der Waals surface area contributed by atoms with Crippen LogP contribution < -0.4 is 15.6 Å². The summed E-state index contributed by atoms with van der Waals surface area (Å²) in [4.78, 5) is 32.1. The normalized spacial score (nSPS) is 14.7. The molecule has 0 unspecified atom stereocenters. The molecule has 128 valence electrons. The minimum Gasteiger partial charge on any atom is -0.455 e. The predicted molar refractivity (Wildman–Crippen MR) is 91.5 cm³/mol. The minimum absolute atomic E-state index is 0.114. The average molecular weight is 418 g/mol. The highest BCUT2D eigenvalue weighted by Crippen LogP contribution is 2.37. The van der Waals surface area contributed by atoms with Gasteiger partial charge in [0.2, 0.25) is 6.79 Å². The highest BCUT2D eigenvalue weighted by Gasteiger charge is 2.19. The van der Waals surface area contributed by atoms with Crippen LogP contribution in [-0.2, 0) is 4.74 Å². The SMILES string of the molecule is O=C(OCOc1c(Cl)c(Br)cc2nc[nH]c(=O)c12)N1CCNCC1. The van der Waals surface area contributed by atoms with E-state index < -0.39 is 11.7 Å². The summed E-state index contributed by atoms with van der Waals surface area (Å²) >= 11 is 9.48. The molecule has 2 heterocycles. The Morgan fingerprint density at radius 2 is 2.17 bits per heavy atom. The largest absolute Gasteiger partial charge is 0.455 e. The van der Waals surface area contributed by atoms with Gasteiger partial charge in [-0.1, -0.05) is 11.6 Å². The van der Waals surface area contributed by atoms with Crippen LogP contribution in [0.5, 0.6) is 5.75 Å². The van der Waals surface area contributed by atoms with Gasteiger partial charge in [-0.3, -0.25) is 4.79 Å². The molecule has 1 amide bonds. The number of aromatic amines is 1. The number of hydrogen-bond acceptors (Lipinski definition) is 6. The van der Waals surface area contributed by atoms with Crippen molar-refractivity contribution in [3.8, 4) is 5.75 Å². The summed E-state index contributed by atoms with van der Waals surface area (Å²) in [6.45, 7) is 2.23. The molecular weight excluding hydrogens is 404 g/mol. The number of fused-ring (bicyclic) bond motifs is 1. The van der Waals surface area contributed by atoms with Crippen LogP contribution in [0.1, 0.15) is 0 Å². The van der Waals surface area contributed by atoms with E-state index in [1.807, 2.05) is 0 Å². The molecule has 0 bridgehead atoms. The molecule has 2 aromatic rings. The number of halogens is 2. The first-order valence-corrected chi connectivity index (χ1v) is 8.35. The fourth-order valence-corrected chi connectivity index (χ4v) is 2.96. The lowest BCUT2D eigenvalue weighted by molar-refractivity contribution is 0.0335. The third-order valence-corrected chi connectivity index (χ3v) is 4.77. The Bertz CT molecular complexity index is 822. The van der Waals surface area contributed by atoms with Crippen molar-refractivity contribution in [3.05, 3.63) is 32.2 Å². The van der Waals surface area contributed by atoms with Gasteiger partial charge in [-0.25, -0.2) is 9.78 Å². The maximum Gasteiger partial charge on any atom is 0.412 e. The molecule has 0 spiro atoms. The van der Waals surface area contributed by atoms with E-state index in [1.165, 1.54) is 6.33 Å². The van der Waals surface area contributed by atoms with Gasteiger partial charge in [-0.05, 0) is 22.0 Å². The molecule has 0 radical (unpaired) electrons. The van der Waals surface area contributed by atoms with Crippen LogP contribution in [0.3, 0.4) is 0 Å². The third-order valence-electron chi connectivity index (χ3n) is 3.54. The first kappa shape index (κ1) is 17.0. The molecule has 0 saturated carbocycles. The number of nitrogens with zero attached hydrogens (tertiary/aromatic N) is 2. The number of rotatable bonds is 3. The lowest BCUT2D eigenvalue weighted by atomic mass is 10.2. The Labute approximate surface area is 150 Å². The monoisotopic (exact) mass is 416 g/mol. The molecule has 3 rings (SSSR count). The highest BCUT2D eigenvalue weighted by atomic mass is 79.9. The van der Waals surface area contributed by atoms with Crippen molar-refractivity contribution in [1.82, 2.24) is 20.2 Å². The summed E-state index contributed by atoms with van der Waals surface area (Å²) in [5.41, 5.74) is 0.0243. The van der Waals surface area contributed by atoms with Crippen molar-refractivity contribution in [2.75, 3.05) is 33.0 Å². The van der Waals surface area contributed by atoms with Crippen molar-refractivity contribution in [2.45, 2.75) is 0 Å². The number of amides is 1. The number of carbonyl (C=O) groups excluding carboxylic acids is 1. The Hall–Kier alpha value is -1.84. The number of aromatic nitrogens is 2. The summed E-state index contributed by atoms with van der Waals surface area (Å²) in [6.07, 6.45) is 0.818. The molecule has 1 aromatic heterocycles. The quantitative estimate of drug-likeness (QED) is 0.738. The Morgan fingerprint density at radius 1 is 1.42 bits per heavy atom. The van der Waals surface area contributed by atoms with Crippen LogP contribution >= 0.6 is 27.5 Å². The molecule has 10 heteroatoms. The fourth-order valence-electron chi connectivity index (χ4n) is 2.36. The van der Waals surface area contributed by atoms with E-state index >= 15 is 0 Å². The molecule has 24 heavy (non-hydrogen) atoms. The molecule has 1 aliphatic heterocycles. The van der Waals surface area contributed by atoms with Crippen molar-refractivity contribution in [1.29, 1.82) is 0 Å². The summed E-state index contributed by atoms with van der Waals surface area (Å²) in [6, 6.07) is 1.62. The number of carbonyl (C=O) groups is 1. The highest BCUT2D eigenvalue weighted by molar-refractivity contribution is 9.10. The number of nitrogens with one attached hydrogen (secondary N) is 2. The predicted octanol–water partition coefficient (Wildman–Crippen LogP) is 1.72. The number of hydrogen-bond donors (Lipinski definition) is 2. The van der Waals surface area contributed by atoms with Crippen molar-refractivity contribution >= 4 is 44.5 Å². The van der Waals surface area contributed by atoms with Gasteiger partial charge in [0.1, 0.15) is 5.39 Å². The van der Waals surface area contributed by atoms with Crippen LogP contribution in [0, 0.1) is 0 Å². The van der Waals surface area contributed by atoms with Crippen LogP contribution in [0.25, 0.3) is 10.9 Å². The molecule has 1 saturated heterocycles. The van der Waals surface area contributed by atoms with Gasteiger partial charge in [-0.2, -0.15) is 0 Å². The average Bonchev–Trinajstić information content (AvgIpc) is 2.59. The van der Waals surface area contributed by atoms with E-state index in [2.05, 4.69) is 31.2 Å². The van der Waals surface area contributed by atoms with Gasteiger partial charge >= 0.3 is 6.09 Å². The second-order valence-electron chi connectivity index (χ2n) is 5.04. The summed E-state index contributed by atoms with van der Waals surface area (Å²) in [7, 11) is 0.